The van der Waals surface area contributed by atoms with Gasteiger partial charge in [-0.1, -0.05) is 25.4 Å². The highest BCUT2D eigenvalue weighted by molar-refractivity contribution is 6.31. The molecule has 1 saturated carbocycles. The zero-order valence-electron chi connectivity index (χ0n) is 11.0. The van der Waals surface area contributed by atoms with Crippen LogP contribution in [0.2, 0.25) is 5.02 Å². The number of halogens is 1. The minimum absolute atomic E-state index is 0.0652. The number of amides is 1. The number of rotatable bonds is 4. The van der Waals surface area contributed by atoms with Crippen LogP contribution in [0.5, 0.6) is 0 Å². The maximum Gasteiger partial charge on any atom is 0.253 e. The molecule has 0 radical (unpaired) electrons. The topological polar surface area (TPSA) is 41.1 Å². The Hall–Kier alpha value is -1.22. The summed E-state index contributed by atoms with van der Waals surface area (Å²) in [4.78, 5) is 12.1. The number of carbonyl (C=O) groups excluding carboxylic acids is 1. The van der Waals surface area contributed by atoms with Crippen molar-refractivity contribution in [3.05, 3.63) is 28.8 Å². The lowest BCUT2D eigenvalue weighted by Gasteiger charge is -2.11. The minimum Gasteiger partial charge on any atom is -0.387 e. The number of hydrogen-bond donors (Lipinski definition) is 2. The van der Waals surface area contributed by atoms with Gasteiger partial charge in [-0.05, 0) is 36.0 Å². The van der Waals surface area contributed by atoms with Crippen LogP contribution in [0, 0.1) is 11.3 Å². The maximum absolute atomic E-state index is 12.1. The summed E-state index contributed by atoms with van der Waals surface area (Å²) in [5, 5.41) is 6.56. The summed E-state index contributed by atoms with van der Waals surface area (Å²) in [7, 11) is 1.80. The fourth-order valence-corrected chi connectivity index (χ4v) is 2.33. The molecule has 1 fully saturated rings. The van der Waals surface area contributed by atoms with Crippen LogP contribution < -0.4 is 10.6 Å². The largest absolute Gasteiger partial charge is 0.387 e. The van der Waals surface area contributed by atoms with Gasteiger partial charge in [-0.25, -0.2) is 0 Å². The van der Waals surface area contributed by atoms with Crippen molar-refractivity contribution in [2.45, 2.75) is 20.3 Å². The zero-order chi connectivity index (χ0) is 13.3. The van der Waals surface area contributed by atoms with E-state index in [2.05, 4.69) is 24.5 Å². The van der Waals surface area contributed by atoms with Gasteiger partial charge in [0.1, 0.15) is 0 Å². The van der Waals surface area contributed by atoms with Crippen molar-refractivity contribution in [1.82, 2.24) is 5.32 Å². The predicted octanol–water partition coefficient (Wildman–Crippen LogP) is 3.16. The maximum atomic E-state index is 12.1. The number of nitrogens with one attached hydrogen (secondary N) is 2. The molecule has 1 unspecified atom stereocenters. The van der Waals surface area contributed by atoms with Gasteiger partial charge in [0.15, 0.2) is 0 Å². The SMILES string of the molecule is CNc1ccc(Cl)cc1C(=O)NCC1CC1(C)C. The van der Waals surface area contributed by atoms with E-state index in [9.17, 15) is 4.79 Å². The van der Waals surface area contributed by atoms with Crippen molar-refractivity contribution < 1.29 is 4.79 Å². The lowest BCUT2D eigenvalue weighted by molar-refractivity contribution is 0.0951. The van der Waals surface area contributed by atoms with Gasteiger partial charge < -0.3 is 10.6 Å². The monoisotopic (exact) mass is 266 g/mol. The molecular formula is C14H19ClN2O. The van der Waals surface area contributed by atoms with E-state index in [0.29, 0.717) is 21.9 Å². The van der Waals surface area contributed by atoms with Crippen LogP contribution in [0.25, 0.3) is 0 Å². The first-order valence-corrected chi connectivity index (χ1v) is 6.57. The van der Waals surface area contributed by atoms with E-state index in [1.54, 1.807) is 19.2 Å². The van der Waals surface area contributed by atoms with Crippen molar-refractivity contribution in [3.63, 3.8) is 0 Å². The Morgan fingerprint density at radius 1 is 1.50 bits per heavy atom. The molecule has 1 atom stereocenters. The van der Waals surface area contributed by atoms with Gasteiger partial charge in [0.25, 0.3) is 5.91 Å². The van der Waals surface area contributed by atoms with Gasteiger partial charge in [0, 0.05) is 24.3 Å². The molecule has 1 aromatic rings. The van der Waals surface area contributed by atoms with Gasteiger partial charge >= 0.3 is 0 Å². The fraction of sp³-hybridized carbons (Fsp3) is 0.500. The molecule has 2 N–H and O–H groups in total. The molecule has 1 amide bonds. The van der Waals surface area contributed by atoms with Gasteiger partial charge in [-0.3, -0.25) is 4.79 Å². The Balaban J connectivity index is 2.02. The molecule has 1 aliphatic rings. The summed E-state index contributed by atoms with van der Waals surface area (Å²) in [5.41, 5.74) is 1.78. The first kappa shape index (κ1) is 13.2. The lowest BCUT2D eigenvalue weighted by atomic mass is 10.1. The molecule has 4 heteroatoms. The molecular weight excluding hydrogens is 248 g/mol. The summed E-state index contributed by atoms with van der Waals surface area (Å²) in [6.45, 7) is 5.19. The van der Waals surface area contributed by atoms with Crippen molar-refractivity contribution >= 4 is 23.2 Å². The highest BCUT2D eigenvalue weighted by Crippen LogP contribution is 2.51. The van der Waals surface area contributed by atoms with Crippen LogP contribution in [0.15, 0.2) is 18.2 Å². The first-order chi connectivity index (χ1) is 8.44. The van der Waals surface area contributed by atoms with Gasteiger partial charge in [0.2, 0.25) is 0 Å². The Bertz CT molecular complexity index is 471. The van der Waals surface area contributed by atoms with Crippen molar-refractivity contribution in [2.75, 3.05) is 18.9 Å². The van der Waals surface area contributed by atoms with Crippen LogP contribution in [0.1, 0.15) is 30.6 Å². The second kappa shape index (κ2) is 4.81. The highest BCUT2D eigenvalue weighted by atomic mass is 35.5. The molecule has 18 heavy (non-hydrogen) atoms. The normalized spacial score (nSPS) is 20.3. The molecule has 0 aromatic heterocycles. The second-order valence-electron chi connectivity index (χ2n) is 5.54. The molecule has 0 heterocycles. The predicted molar refractivity (Wildman–Crippen MR) is 75.2 cm³/mol. The number of carbonyl (C=O) groups is 1. The van der Waals surface area contributed by atoms with E-state index < -0.39 is 0 Å². The lowest BCUT2D eigenvalue weighted by Crippen LogP contribution is -2.27. The number of anilines is 1. The highest BCUT2D eigenvalue weighted by Gasteiger charge is 2.45. The quantitative estimate of drug-likeness (QED) is 0.879. The molecule has 0 spiro atoms. The molecule has 0 aliphatic heterocycles. The van der Waals surface area contributed by atoms with E-state index in [0.717, 1.165) is 12.2 Å². The van der Waals surface area contributed by atoms with Gasteiger partial charge in [0.05, 0.1) is 5.56 Å². The Morgan fingerprint density at radius 3 is 2.72 bits per heavy atom. The van der Waals surface area contributed by atoms with Crippen LogP contribution in [-0.2, 0) is 0 Å². The molecule has 3 nitrogen and oxygen atoms in total. The van der Waals surface area contributed by atoms with Gasteiger partial charge in [-0.15, -0.1) is 0 Å². The summed E-state index contributed by atoms with van der Waals surface area (Å²) >= 11 is 5.93. The second-order valence-corrected chi connectivity index (χ2v) is 5.98. The number of benzene rings is 1. The smallest absolute Gasteiger partial charge is 0.253 e. The summed E-state index contributed by atoms with van der Waals surface area (Å²) in [6, 6.07) is 5.28. The average molecular weight is 267 g/mol. The molecule has 2 rings (SSSR count). The standard InChI is InChI=1S/C14H19ClN2O/c1-14(2)7-9(14)8-17-13(18)11-6-10(15)4-5-12(11)16-3/h4-6,9,16H,7-8H2,1-3H3,(H,17,18). The van der Waals surface area contributed by atoms with Crippen molar-refractivity contribution in [2.24, 2.45) is 11.3 Å². The van der Waals surface area contributed by atoms with Crippen LogP contribution >= 0.6 is 11.6 Å². The van der Waals surface area contributed by atoms with E-state index in [1.807, 2.05) is 6.07 Å². The Kier molecular flexibility index (Phi) is 3.53. The van der Waals surface area contributed by atoms with Crippen LogP contribution in [0.3, 0.4) is 0 Å². The molecule has 98 valence electrons. The average Bonchev–Trinajstić information content (AvgIpc) is 2.94. The van der Waals surface area contributed by atoms with E-state index in [1.165, 1.54) is 6.42 Å². The van der Waals surface area contributed by atoms with E-state index in [4.69, 9.17) is 11.6 Å². The summed E-state index contributed by atoms with van der Waals surface area (Å²) in [5.74, 6) is 0.531. The summed E-state index contributed by atoms with van der Waals surface area (Å²) < 4.78 is 0. The van der Waals surface area contributed by atoms with Crippen LogP contribution in [-0.4, -0.2) is 19.5 Å². The van der Waals surface area contributed by atoms with Crippen molar-refractivity contribution in [1.29, 1.82) is 0 Å². The third-order valence-corrected chi connectivity index (χ3v) is 3.96. The molecule has 1 aliphatic carbocycles. The van der Waals surface area contributed by atoms with Crippen LogP contribution in [0.4, 0.5) is 5.69 Å². The molecule has 1 aromatic carbocycles. The zero-order valence-corrected chi connectivity index (χ0v) is 11.8. The third-order valence-electron chi connectivity index (χ3n) is 3.72. The molecule has 0 bridgehead atoms. The van der Waals surface area contributed by atoms with E-state index >= 15 is 0 Å². The van der Waals surface area contributed by atoms with Crippen molar-refractivity contribution in [3.8, 4) is 0 Å². The summed E-state index contributed by atoms with van der Waals surface area (Å²) in [6.07, 6.45) is 1.18. The van der Waals surface area contributed by atoms with E-state index in [-0.39, 0.29) is 5.91 Å². The third kappa shape index (κ3) is 2.78. The fourth-order valence-electron chi connectivity index (χ4n) is 2.16. The number of hydrogen-bond acceptors (Lipinski definition) is 2. The van der Waals surface area contributed by atoms with Gasteiger partial charge in [-0.2, -0.15) is 0 Å². The Morgan fingerprint density at radius 2 is 2.17 bits per heavy atom. The first-order valence-electron chi connectivity index (χ1n) is 6.19. The Labute approximate surface area is 113 Å². The minimum atomic E-state index is -0.0652. The molecule has 0 saturated heterocycles.